The van der Waals surface area contributed by atoms with Gasteiger partial charge < -0.3 is 10.1 Å². The van der Waals surface area contributed by atoms with Crippen molar-refractivity contribution >= 4 is 6.29 Å². The third-order valence-electron chi connectivity index (χ3n) is 2.61. The minimum Gasteiger partial charge on any atom is -0.311 e. The van der Waals surface area contributed by atoms with Crippen LogP contribution in [-0.2, 0) is 4.79 Å². The van der Waals surface area contributed by atoms with Crippen LogP contribution in [0, 0.1) is 5.92 Å². The predicted molar refractivity (Wildman–Crippen MR) is 56.8 cm³/mol. The fourth-order valence-electron chi connectivity index (χ4n) is 1.56. The summed E-state index contributed by atoms with van der Waals surface area (Å²) in [5.41, 5.74) is 0. The molecule has 13 heavy (non-hydrogen) atoms. The Kier molecular flexibility index (Phi) is 8.00. The van der Waals surface area contributed by atoms with Gasteiger partial charge in [-0.1, -0.05) is 39.5 Å². The van der Waals surface area contributed by atoms with Gasteiger partial charge in [0.2, 0.25) is 0 Å². The Bertz CT molecular complexity index is 125. The third-order valence-corrected chi connectivity index (χ3v) is 2.61. The molecule has 2 nitrogen and oxygen atoms in total. The van der Waals surface area contributed by atoms with Gasteiger partial charge in [-0.2, -0.15) is 0 Å². The molecule has 0 aromatic heterocycles. The lowest BCUT2D eigenvalue weighted by Gasteiger charge is -2.17. The van der Waals surface area contributed by atoms with Crippen molar-refractivity contribution in [1.82, 2.24) is 5.32 Å². The highest BCUT2D eigenvalue weighted by molar-refractivity contribution is 5.57. The smallest absolute Gasteiger partial charge is 0.137 e. The van der Waals surface area contributed by atoms with Crippen molar-refractivity contribution in [3.05, 3.63) is 0 Å². The van der Waals surface area contributed by atoms with Crippen molar-refractivity contribution in [2.24, 2.45) is 5.92 Å². The number of nitrogens with one attached hydrogen (secondary N) is 1. The van der Waals surface area contributed by atoms with Crippen LogP contribution in [0.3, 0.4) is 0 Å². The number of aldehydes is 1. The van der Waals surface area contributed by atoms with E-state index in [0.29, 0.717) is 5.92 Å². The molecule has 0 spiro atoms. The van der Waals surface area contributed by atoms with Gasteiger partial charge >= 0.3 is 0 Å². The number of hydrogen-bond donors (Lipinski definition) is 1. The standard InChI is InChI=1S/C11H23NO/c1-4-5-6-7-8-10(2)11(9-13)12-3/h9-12H,4-8H2,1-3H3. The van der Waals surface area contributed by atoms with Gasteiger partial charge in [0.1, 0.15) is 6.29 Å². The number of carbonyl (C=O) groups is 1. The van der Waals surface area contributed by atoms with Gasteiger partial charge in [-0.3, -0.25) is 0 Å². The highest BCUT2D eigenvalue weighted by Gasteiger charge is 2.12. The second kappa shape index (κ2) is 8.24. The maximum absolute atomic E-state index is 10.6. The molecule has 0 aliphatic carbocycles. The Morgan fingerprint density at radius 3 is 2.46 bits per heavy atom. The van der Waals surface area contributed by atoms with E-state index in [1.54, 1.807) is 0 Å². The first kappa shape index (κ1) is 12.6. The summed E-state index contributed by atoms with van der Waals surface area (Å²) in [6.45, 7) is 4.35. The van der Waals surface area contributed by atoms with Crippen molar-refractivity contribution in [3.8, 4) is 0 Å². The summed E-state index contributed by atoms with van der Waals surface area (Å²) in [5.74, 6) is 0.472. The minimum absolute atomic E-state index is 0.0432. The van der Waals surface area contributed by atoms with E-state index in [1.165, 1.54) is 25.7 Å². The lowest BCUT2D eigenvalue weighted by Crippen LogP contribution is -2.33. The van der Waals surface area contributed by atoms with Crippen molar-refractivity contribution in [3.63, 3.8) is 0 Å². The van der Waals surface area contributed by atoms with Crippen LogP contribution in [0.1, 0.15) is 46.0 Å². The highest BCUT2D eigenvalue weighted by Crippen LogP contribution is 2.12. The van der Waals surface area contributed by atoms with Gasteiger partial charge in [0.25, 0.3) is 0 Å². The monoisotopic (exact) mass is 185 g/mol. The first-order valence-electron chi connectivity index (χ1n) is 5.38. The molecule has 0 heterocycles. The summed E-state index contributed by atoms with van der Waals surface area (Å²) >= 11 is 0. The fourth-order valence-corrected chi connectivity index (χ4v) is 1.56. The van der Waals surface area contributed by atoms with Crippen molar-refractivity contribution in [2.45, 2.75) is 52.0 Å². The predicted octanol–water partition coefficient (Wildman–Crippen LogP) is 2.38. The maximum Gasteiger partial charge on any atom is 0.137 e. The molecule has 0 amide bonds. The molecule has 0 saturated heterocycles. The van der Waals surface area contributed by atoms with E-state index in [2.05, 4.69) is 19.2 Å². The van der Waals surface area contributed by atoms with E-state index in [0.717, 1.165) is 12.7 Å². The number of likely N-dealkylation sites (N-methyl/N-ethyl adjacent to an activating group) is 1. The number of hydrogen-bond acceptors (Lipinski definition) is 2. The fraction of sp³-hybridized carbons (Fsp3) is 0.909. The Balaban J connectivity index is 3.47. The number of rotatable bonds is 8. The normalized spacial score (nSPS) is 15.3. The number of unbranched alkanes of at least 4 members (excludes halogenated alkanes) is 3. The molecule has 2 heteroatoms. The first-order valence-corrected chi connectivity index (χ1v) is 5.38. The van der Waals surface area contributed by atoms with E-state index >= 15 is 0 Å². The second-order valence-corrected chi connectivity index (χ2v) is 3.78. The molecule has 0 radical (unpaired) electrons. The summed E-state index contributed by atoms with van der Waals surface area (Å²) < 4.78 is 0. The molecule has 0 aromatic carbocycles. The van der Waals surface area contributed by atoms with Crippen molar-refractivity contribution in [1.29, 1.82) is 0 Å². The van der Waals surface area contributed by atoms with Crippen LogP contribution >= 0.6 is 0 Å². The molecule has 0 aliphatic heterocycles. The maximum atomic E-state index is 10.6. The largest absolute Gasteiger partial charge is 0.311 e. The van der Waals surface area contributed by atoms with Crippen LogP contribution in [0.5, 0.6) is 0 Å². The topological polar surface area (TPSA) is 29.1 Å². The Hall–Kier alpha value is -0.370. The summed E-state index contributed by atoms with van der Waals surface area (Å²) in [6.07, 6.45) is 7.32. The SMILES string of the molecule is CCCCCCC(C)C(C=O)NC. The minimum atomic E-state index is 0.0432. The Morgan fingerprint density at radius 1 is 1.31 bits per heavy atom. The molecule has 1 N–H and O–H groups in total. The number of carbonyl (C=O) groups excluding carboxylic acids is 1. The molecule has 2 unspecified atom stereocenters. The average molecular weight is 185 g/mol. The van der Waals surface area contributed by atoms with E-state index in [-0.39, 0.29) is 6.04 Å². The highest BCUT2D eigenvalue weighted by atomic mass is 16.1. The van der Waals surface area contributed by atoms with Crippen LogP contribution in [0.2, 0.25) is 0 Å². The van der Waals surface area contributed by atoms with Gasteiger partial charge in [0, 0.05) is 0 Å². The zero-order valence-corrected chi connectivity index (χ0v) is 9.18. The molecule has 0 aromatic rings. The van der Waals surface area contributed by atoms with Gasteiger partial charge in [-0.15, -0.1) is 0 Å². The van der Waals surface area contributed by atoms with Crippen molar-refractivity contribution in [2.75, 3.05) is 7.05 Å². The van der Waals surface area contributed by atoms with E-state index in [1.807, 2.05) is 7.05 Å². The van der Waals surface area contributed by atoms with Gasteiger partial charge in [-0.25, -0.2) is 0 Å². The summed E-state index contributed by atoms with van der Waals surface area (Å²) in [4.78, 5) is 10.6. The van der Waals surface area contributed by atoms with E-state index in [9.17, 15) is 4.79 Å². The zero-order chi connectivity index (χ0) is 10.1. The van der Waals surface area contributed by atoms with Crippen LogP contribution in [0.25, 0.3) is 0 Å². The van der Waals surface area contributed by atoms with Crippen LogP contribution in [0.15, 0.2) is 0 Å². The molecule has 0 bridgehead atoms. The summed E-state index contributed by atoms with van der Waals surface area (Å²) in [5, 5.41) is 3.02. The Morgan fingerprint density at radius 2 is 2.00 bits per heavy atom. The molecule has 0 fully saturated rings. The first-order chi connectivity index (χ1) is 6.26. The van der Waals surface area contributed by atoms with Crippen LogP contribution < -0.4 is 5.32 Å². The molecule has 0 aliphatic rings. The molecule has 2 atom stereocenters. The second-order valence-electron chi connectivity index (χ2n) is 3.78. The molecule has 0 saturated carbocycles. The zero-order valence-electron chi connectivity index (χ0n) is 9.18. The lowest BCUT2D eigenvalue weighted by molar-refractivity contribution is -0.110. The van der Waals surface area contributed by atoms with E-state index < -0.39 is 0 Å². The summed E-state index contributed by atoms with van der Waals surface area (Å²) in [6, 6.07) is 0.0432. The molecule has 0 rings (SSSR count). The lowest BCUT2D eigenvalue weighted by atomic mass is 9.96. The van der Waals surface area contributed by atoms with Gasteiger partial charge in [0.05, 0.1) is 6.04 Å². The Labute approximate surface area is 82.1 Å². The van der Waals surface area contributed by atoms with Crippen LogP contribution in [0.4, 0.5) is 0 Å². The average Bonchev–Trinajstić information content (AvgIpc) is 2.14. The van der Waals surface area contributed by atoms with Crippen LogP contribution in [-0.4, -0.2) is 19.4 Å². The van der Waals surface area contributed by atoms with Gasteiger partial charge in [-0.05, 0) is 19.4 Å². The molecular formula is C11H23NO. The summed E-state index contributed by atoms with van der Waals surface area (Å²) in [7, 11) is 1.85. The quantitative estimate of drug-likeness (QED) is 0.464. The van der Waals surface area contributed by atoms with Gasteiger partial charge in [0.15, 0.2) is 0 Å². The molecular weight excluding hydrogens is 162 g/mol. The molecule has 78 valence electrons. The third kappa shape index (κ3) is 5.81. The van der Waals surface area contributed by atoms with Crippen molar-refractivity contribution < 1.29 is 4.79 Å². The van der Waals surface area contributed by atoms with E-state index in [4.69, 9.17) is 0 Å².